The van der Waals surface area contributed by atoms with Gasteiger partial charge in [0, 0.05) is 24.7 Å². The third-order valence-corrected chi connectivity index (χ3v) is 5.63. The zero-order valence-corrected chi connectivity index (χ0v) is 12.8. The van der Waals surface area contributed by atoms with Gasteiger partial charge in [-0.2, -0.15) is 4.31 Å². The highest BCUT2D eigenvalue weighted by atomic mass is 35.5. The Bertz CT molecular complexity index is 560. The maximum Gasteiger partial charge on any atom is 0.243 e. The fourth-order valence-corrected chi connectivity index (χ4v) is 4.20. The summed E-state index contributed by atoms with van der Waals surface area (Å²) in [6.07, 6.45) is 0.921. The molecule has 1 saturated heterocycles. The van der Waals surface area contributed by atoms with E-state index in [1.54, 1.807) is 22.5 Å². The number of hydrogen-bond donors (Lipinski definition) is 1. The molecule has 0 aliphatic carbocycles. The second-order valence-corrected chi connectivity index (χ2v) is 7.39. The standard InChI is InChI=1S/C13H19ClN2O2S/c1-10-5-6-16(9-10)19(17,18)12-4-3-11(8-15-2)13(14)7-12/h3-4,7,10,15H,5-6,8-9H2,1-2H3. The molecule has 1 aromatic rings. The SMILES string of the molecule is CNCc1ccc(S(=O)(=O)N2CCC(C)C2)cc1Cl. The summed E-state index contributed by atoms with van der Waals surface area (Å²) in [4.78, 5) is 0.284. The van der Waals surface area contributed by atoms with Crippen LogP contribution in [0.15, 0.2) is 23.1 Å². The molecule has 0 bridgehead atoms. The molecule has 19 heavy (non-hydrogen) atoms. The van der Waals surface area contributed by atoms with Crippen LogP contribution in [0.5, 0.6) is 0 Å². The van der Waals surface area contributed by atoms with Gasteiger partial charge in [-0.15, -0.1) is 0 Å². The average molecular weight is 303 g/mol. The van der Waals surface area contributed by atoms with E-state index >= 15 is 0 Å². The van der Waals surface area contributed by atoms with Crippen molar-refractivity contribution in [3.05, 3.63) is 28.8 Å². The molecule has 1 aliphatic rings. The van der Waals surface area contributed by atoms with E-state index < -0.39 is 10.0 Å². The van der Waals surface area contributed by atoms with Crippen LogP contribution in [0.3, 0.4) is 0 Å². The molecule has 4 nitrogen and oxygen atoms in total. The number of benzene rings is 1. The summed E-state index contributed by atoms with van der Waals surface area (Å²) < 4.78 is 26.4. The van der Waals surface area contributed by atoms with Gasteiger partial charge < -0.3 is 5.32 Å². The Morgan fingerprint density at radius 3 is 2.74 bits per heavy atom. The molecule has 0 spiro atoms. The van der Waals surface area contributed by atoms with E-state index in [9.17, 15) is 8.42 Å². The Kier molecular flexibility index (Phi) is 4.50. The minimum absolute atomic E-state index is 0.284. The van der Waals surface area contributed by atoms with Crippen molar-refractivity contribution in [2.24, 2.45) is 5.92 Å². The molecule has 0 amide bonds. The van der Waals surface area contributed by atoms with Crippen molar-refractivity contribution >= 4 is 21.6 Å². The first-order chi connectivity index (χ1) is 8.95. The normalized spacial score (nSPS) is 20.9. The van der Waals surface area contributed by atoms with Gasteiger partial charge in [-0.3, -0.25) is 0 Å². The maximum atomic E-state index is 12.5. The summed E-state index contributed by atoms with van der Waals surface area (Å²) in [7, 11) is -1.57. The molecule has 6 heteroatoms. The lowest BCUT2D eigenvalue weighted by molar-refractivity contribution is 0.464. The first-order valence-corrected chi connectivity index (χ1v) is 8.20. The molecular formula is C13H19ClN2O2S. The number of nitrogens with zero attached hydrogens (tertiary/aromatic N) is 1. The Balaban J connectivity index is 2.28. The van der Waals surface area contributed by atoms with E-state index in [0.29, 0.717) is 30.6 Å². The van der Waals surface area contributed by atoms with Crippen molar-refractivity contribution in [1.29, 1.82) is 0 Å². The summed E-state index contributed by atoms with van der Waals surface area (Å²) >= 11 is 6.13. The zero-order chi connectivity index (χ0) is 14.0. The van der Waals surface area contributed by atoms with E-state index in [1.165, 1.54) is 0 Å². The zero-order valence-electron chi connectivity index (χ0n) is 11.2. The lowest BCUT2D eigenvalue weighted by atomic mass is 10.2. The van der Waals surface area contributed by atoms with Crippen molar-refractivity contribution < 1.29 is 8.42 Å². The average Bonchev–Trinajstić information content (AvgIpc) is 2.79. The van der Waals surface area contributed by atoms with E-state index in [0.717, 1.165) is 12.0 Å². The number of sulfonamides is 1. The lowest BCUT2D eigenvalue weighted by Gasteiger charge is -2.16. The molecule has 1 atom stereocenters. The van der Waals surface area contributed by atoms with Gasteiger partial charge >= 0.3 is 0 Å². The molecule has 1 aromatic carbocycles. The largest absolute Gasteiger partial charge is 0.316 e. The second kappa shape index (κ2) is 5.79. The Hall–Kier alpha value is -0.620. The fraction of sp³-hybridized carbons (Fsp3) is 0.538. The molecular weight excluding hydrogens is 284 g/mol. The molecule has 1 fully saturated rings. The highest BCUT2D eigenvalue weighted by Gasteiger charge is 2.30. The molecule has 0 aromatic heterocycles. The monoisotopic (exact) mass is 302 g/mol. The second-order valence-electron chi connectivity index (χ2n) is 5.04. The van der Waals surface area contributed by atoms with Gasteiger partial charge in [0.2, 0.25) is 10.0 Å². The Morgan fingerprint density at radius 2 is 2.21 bits per heavy atom. The van der Waals surface area contributed by atoms with Crippen molar-refractivity contribution in [3.63, 3.8) is 0 Å². The van der Waals surface area contributed by atoms with Crippen LogP contribution in [0.1, 0.15) is 18.9 Å². The molecule has 2 rings (SSSR count). The predicted octanol–water partition coefficient (Wildman–Crippen LogP) is 2.09. The summed E-state index contributed by atoms with van der Waals surface area (Å²) in [5.41, 5.74) is 0.901. The van der Waals surface area contributed by atoms with E-state index in [-0.39, 0.29) is 4.90 Å². The van der Waals surface area contributed by atoms with Gasteiger partial charge in [-0.1, -0.05) is 24.6 Å². The van der Waals surface area contributed by atoms with E-state index in [2.05, 4.69) is 12.2 Å². The quantitative estimate of drug-likeness (QED) is 0.926. The number of halogens is 1. The smallest absolute Gasteiger partial charge is 0.243 e. The summed E-state index contributed by atoms with van der Waals surface area (Å²) in [5, 5.41) is 3.49. The molecule has 1 unspecified atom stereocenters. The van der Waals surface area contributed by atoms with Gasteiger partial charge in [-0.25, -0.2) is 8.42 Å². The highest BCUT2D eigenvalue weighted by molar-refractivity contribution is 7.89. The summed E-state index contributed by atoms with van der Waals surface area (Å²) in [6.45, 7) is 3.88. The van der Waals surface area contributed by atoms with Gasteiger partial charge in [0.25, 0.3) is 0 Å². The van der Waals surface area contributed by atoms with Crippen LogP contribution >= 0.6 is 11.6 Å². The molecule has 1 aliphatic heterocycles. The van der Waals surface area contributed by atoms with Gasteiger partial charge in [-0.05, 0) is 37.1 Å². The van der Waals surface area contributed by atoms with Gasteiger partial charge in [0.15, 0.2) is 0 Å². The summed E-state index contributed by atoms with van der Waals surface area (Å²) in [6, 6.07) is 4.95. The molecule has 1 heterocycles. The van der Waals surface area contributed by atoms with Crippen LogP contribution in [0.4, 0.5) is 0 Å². The van der Waals surface area contributed by atoms with Crippen LogP contribution in [-0.2, 0) is 16.6 Å². The number of nitrogens with one attached hydrogen (secondary N) is 1. The van der Waals surface area contributed by atoms with Crippen LogP contribution in [0.25, 0.3) is 0 Å². The molecule has 0 radical (unpaired) electrons. The Morgan fingerprint density at radius 1 is 1.47 bits per heavy atom. The summed E-state index contributed by atoms with van der Waals surface area (Å²) in [5.74, 6) is 0.425. The lowest BCUT2D eigenvalue weighted by Crippen LogP contribution is -2.28. The van der Waals surface area contributed by atoms with Crippen molar-refractivity contribution in [1.82, 2.24) is 9.62 Å². The van der Waals surface area contributed by atoms with Crippen molar-refractivity contribution in [3.8, 4) is 0 Å². The van der Waals surface area contributed by atoms with Crippen LogP contribution in [0.2, 0.25) is 5.02 Å². The van der Waals surface area contributed by atoms with E-state index in [4.69, 9.17) is 11.6 Å². The minimum Gasteiger partial charge on any atom is -0.316 e. The fourth-order valence-electron chi connectivity index (χ4n) is 2.28. The van der Waals surface area contributed by atoms with Crippen LogP contribution in [-0.4, -0.2) is 32.9 Å². The first-order valence-electron chi connectivity index (χ1n) is 6.38. The van der Waals surface area contributed by atoms with Crippen LogP contribution < -0.4 is 5.32 Å². The molecule has 0 saturated carbocycles. The maximum absolute atomic E-state index is 12.5. The predicted molar refractivity (Wildman–Crippen MR) is 76.8 cm³/mol. The molecule has 106 valence electrons. The first kappa shape index (κ1) is 14.8. The number of hydrogen-bond acceptors (Lipinski definition) is 3. The highest BCUT2D eigenvalue weighted by Crippen LogP contribution is 2.27. The topological polar surface area (TPSA) is 49.4 Å². The molecule has 1 N–H and O–H groups in total. The van der Waals surface area contributed by atoms with Gasteiger partial charge in [0.1, 0.15) is 0 Å². The third kappa shape index (κ3) is 3.11. The van der Waals surface area contributed by atoms with E-state index in [1.807, 2.05) is 7.05 Å². The minimum atomic E-state index is -3.40. The Labute approximate surface area is 119 Å². The van der Waals surface area contributed by atoms with Crippen molar-refractivity contribution in [2.45, 2.75) is 24.8 Å². The van der Waals surface area contributed by atoms with Crippen LogP contribution in [0, 0.1) is 5.92 Å². The van der Waals surface area contributed by atoms with Gasteiger partial charge in [0.05, 0.1) is 4.90 Å². The van der Waals surface area contributed by atoms with Crippen molar-refractivity contribution in [2.75, 3.05) is 20.1 Å². The third-order valence-electron chi connectivity index (χ3n) is 3.42. The number of rotatable bonds is 4.